The van der Waals surface area contributed by atoms with Gasteiger partial charge in [-0.2, -0.15) is 13.2 Å². The number of amides is 1. The van der Waals surface area contributed by atoms with Crippen molar-refractivity contribution in [2.24, 2.45) is 0 Å². The minimum Gasteiger partial charge on any atom is -0.324 e. The van der Waals surface area contributed by atoms with E-state index in [4.69, 9.17) is 0 Å². The van der Waals surface area contributed by atoms with Crippen LogP contribution in [0.1, 0.15) is 27.0 Å². The maximum absolute atomic E-state index is 13.4. The van der Waals surface area contributed by atoms with Gasteiger partial charge in [-0.05, 0) is 60.5 Å². The first-order valence-electron chi connectivity index (χ1n) is 10.4. The Morgan fingerprint density at radius 2 is 1.89 bits per heavy atom. The van der Waals surface area contributed by atoms with Gasteiger partial charge in [0.05, 0.1) is 11.3 Å². The van der Waals surface area contributed by atoms with Crippen LogP contribution < -0.4 is 10.6 Å². The monoisotopic (exact) mass is 541 g/mol. The van der Waals surface area contributed by atoms with Crippen molar-refractivity contribution in [3.63, 3.8) is 0 Å². The molecule has 0 saturated heterocycles. The summed E-state index contributed by atoms with van der Waals surface area (Å²) in [5, 5.41) is 5.82. The van der Waals surface area contributed by atoms with E-state index in [1.165, 1.54) is 12.1 Å². The summed E-state index contributed by atoms with van der Waals surface area (Å²) in [6.45, 7) is 1.87. The van der Waals surface area contributed by atoms with Crippen LogP contribution in [-0.2, 0) is 11.5 Å². The van der Waals surface area contributed by atoms with Gasteiger partial charge in [0, 0.05) is 46.4 Å². The molecule has 4 rings (SSSR count). The predicted octanol–water partition coefficient (Wildman–Crippen LogP) is 6.76. The fraction of sp³-hybridized carbons (Fsp3) is 0.120. The Kier molecular flexibility index (Phi) is 7.11. The normalized spacial score (nSPS) is 11.2. The summed E-state index contributed by atoms with van der Waals surface area (Å²) in [4.78, 5) is 25.6. The van der Waals surface area contributed by atoms with E-state index in [9.17, 15) is 18.0 Å². The molecule has 2 heterocycles. The summed E-state index contributed by atoms with van der Waals surface area (Å²) in [5.41, 5.74) is 2.54. The van der Waals surface area contributed by atoms with Crippen LogP contribution in [0.2, 0.25) is 0 Å². The highest BCUT2D eigenvalue weighted by atomic mass is 79.9. The van der Waals surface area contributed by atoms with Crippen LogP contribution in [-0.4, -0.2) is 20.9 Å². The second-order valence-corrected chi connectivity index (χ2v) is 8.18. The van der Waals surface area contributed by atoms with Crippen molar-refractivity contribution in [3.05, 3.63) is 95.4 Å². The van der Waals surface area contributed by atoms with Crippen molar-refractivity contribution in [1.29, 1.82) is 0 Å². The molecule has 2 N–H and O–H groups in total. The molecule has 6 nitrogen and oxygen atoms in total. The third-order valence-corrected chi connectivity index (χ3v) is 5.78. The van der Waals surface area contributed by atoms with Crippen molar-refractivity contribution < 1.29 is 18.0 Å². The first-order valence-corrected chi connectivity index (χ1v) is 11.6. The fourth-order valence-corrected chi connectivity index (χ4v) is 3.84. The van der Waals surface area contributed by atoms with Gasteiger partial charge in [0.2, 0.25) is 5.95 Å². The maximum atomic E-state index is 13.4. The van der Waals surface area contributed by atoms with Gasteiger partial charge < -0.3 is 10.6 Å². The van der Waals surface area contributed by atoms with E-state index >= 15 is 0 Å². The average Bonchev–Trinajstić information content (AvgIpc) is 2.86. The Labute approximate surface area is 207 Å². The van der Waals surface area contributed by atoms with Crippen LogP contribution in [0, 0.1) is 6.92 Å². The zero-order valence-electron chi connectivity index (χ0n) is 18.4. The number of rotatable bonds is 6. The summed E-state index contributed by atoms with van der Waals surface area (Å²) in [5.74, 6) is -0.306. The van der Waals surface area contributed by atoms with Gasteiger partial charge in [0.1, 0.15) is 0 Å². The van der Waals surface area contributed by atoms with Gasteiger partial charge in [-0.25, -0.2) is 9.97 Å². The van der Waals surface area contributed by atoms with Crippen LogP contribution in [0.5, 0.6) is 0 Å². The lowest BCUT2D eigenvalue weighted by Gasteiger charge is -2.14. The number of carbonyl (C=O) groups is 1. The Balaban J connectivity index is 1.55. The second kappa shape index (κ2) is 10.2. The van der Waals surface area contributed by atoms with E-state index in [1.807, 2.05) is 19.1 Å². The molecule has 2 aromatic heterocycles. The van der Waals surface area contributed by atoms with Crippen LogP contribution >= 0.6 is 15.9 Å². The Hall–Kier alpha value is -3.79. The molecule has 0 atom stereocenters. The highest BCUT2D eigenvalue weighted by molar-refractivity contribution is 9.08. The van der Waals surface area contributed by atoms with Gasteiger partial charge >= 0.3 is 6.18 Å². The topological polar surface area (TPSA) is 79.8 Å². The minimum absolute atomic E-state index is 0.0286. The Morgan fingerprint density at radius 3 is 2.60 bits per heavy atom. The molecule has 0 spiro atoms. The van der Waals surface area contributed by atoms with Crippen LogP contribution in [0.4, 0.5) is 30.5 Å². The van der Waals surface area contributed by atoms with Crippen molar-refractivity contribution >= 4 is 39.2 Å². The van der Waals surface area contributed by atoms with Crippen molar-refractivity contribution in [3.8, 4) is 11.3 Å². The van der Waals surface area contributed by atoms with E-state index in [0.717, 1.165) is 17.2 Å². The number of pyridine rings is 1. The number of halogens is 4. The van der Waals surface area contributed by atoms with E-state index in [1.54, 1.807) is 42.9 Å². The predicted molar refractivity (Wildman–Crippen MR) is 132 cm³/mol. The molecule has 0 saturated carbocycles. The molecule has 0 unspecified atom stereocenters. The van der Waals surface area contributed by atoms with E-state index < -0.39 is 17.6 Å². The molecule has 0 aliphatic carbocycles. The van der Waals surface area contributed by atoms with Gasteiger partial charge in [-0.15, -0.1) is 0 Å². The fourth-order valence-electron chi connectivity index (χ4n) is 3.35. The summed E-state index contributed by atoms with van der Waals surface area (Å²) in [6.07, 6.45) is 0.424. The third kappa shape index (κ3) is 5.83. The largest absolute Gasteiger partial charge is 0.416 e. The Morgan fingerprint density at radius 1 is 1.06 bits per heavy atom. The lowest BCUT2D eigenvalue weighted by molar-refractivity contribution is -0.138. The highest BCUT2D eigenvalue weighted by Gasteiger charge is 2.33. The average molecular weight is 542 g/mol. The molecular formula is C25H19BrF3N5O. The van der Waals surface area contributed by atoms with Gasteiger partial charge in [-0.3, -0.25) is 9.78 Å². The lowest BCUT2D eigenvalue weighted by atomic mass is 10.0. The number of carbonyl (C=O) groups excluding carboxylic acids is 1. The molecule has 1 amide bonds. The van der Waals surface area contributed by atoms with Gasteiger partial charge in [0.25, 0.3) is 5.91 Å². The Bertz CT molecular complexity index is 1360. The molecule has 35 heavy (non-hydrogen) atoms. The van der Waals surface area contributed by atoms with Crippen LogP contribution in [0.25, 0.3) is 11.3 Å². The zero-order valence-corrected chi connectivity index (χ0v) is 20.0. The van der Waals surface area contributed by atoms with E-state index in [0.29, 0.717) is 23.0 Å². The SMILES string of the molecule is Cc1ccc(NC(=O)c2ccc(CBr)c(C(F)(F)F)c2)cc1Nc1nccc(-c2cccnc2)n1. The number of nitrogens with zero attached hydrogens (tertiary/aromatic N) is 3. The minimum atomic E-state index is -4.56. The summed E-state index contributed by atoms with van der Waals surface area (Å²) >= 11 is 3.05. The number of hydrogen-bond donors (Lipinski definition) is 2. The molecule has 0 radical (unpaired) electrons. The van der Waals surface area contributed by atoms with Crippen LogP contribution in [0.3, 0.4) is 0 Å². The molecule has 0 bridgehead atoms. The summed E-state index contributed by atoms with van der Waals surface area (Å²) in [7, 11) is 0. The maximum Gasteiger partial charge on any atom is 0.416 e. The quantitative estimate of drug-likeness (QED) is 0.264. The number of alkyl halides is 4. The molecular weight excluding hydrogens is 523 g/mol. The smallest absolute Gasteiger partial charge is 0.324 e. The number of benzene rings is 2. The molecule has 2 aromatic carbocycles. The molecule has 4 aromatic rings. The van der Waals surface area contributed by atoms with Gasteiger partial charge in [-0.1, -0.05) is 28.1 Å². The standard InChI is InChI=1S/C25H19BrF3N5O/c1-15-4-7-19(32-23(35)16-5-6-17(13-26)20(11-16)25(27,28)29)12-22(15)34-24-31-10-8-21(33-24)18-3-2-9-30-14-18/h2-12,14H,13H2,1H3,(H,32,35)(H,31,33,34). The lowest BCUT2D eigenvalue weighted by Crippen LogP contribution is -2.15. The highest BCUT2D eigenvalue weighted by Crippen LogP contribution is 2.34. The number of anilines is 3. The first kappa shape index (κ1) is 24.3. The van der Waals surface area contributed by atoms with Crippen LogP contribution in [0.15, 0.2) is 73.2 Å². The second-order valence-electron chi connectivity index (χ2n) is 7.62. The van der Waals surface area contributed by atoms with E-state index in [2.05, 4.69) is 41.5 Å². The molecule has 10 heteroatoms. The molecule has 0 aliphatic heterocycles. The van der Waals surface area contributed by atoms with Crippen molar-refractivity contribution in [2.45, 2.75) is 18.4 Å². The number of nitrogens with one attached hydrogen (secondary N) is 2. The van der Waals surface area contributed by atoms with Gasteiger partial charge in [0.15, 0.2) is 0 Å². The summed E-state index contributed by atoms with van der Waals surface area (Å²) < 4.78 is 40.1. The molecule has 0 aliphatic rings. The summed E-state index contributed by atoms with van der Waals surface area (Å²) in [6, 6.07) is 14.1. The molecule has 0 fully saturated rings. The van der Waals surface area contributed by atoms with Crippen molar-refractivity contribution in [2.75, 3.05) is 10.6 Å². The number of aryl methyl sites for hydroxylation is 1. The first-order chi connectivity index (χ1) is 16.7. The zero-order chi connectivity index (χ0) is 25.0. The number of hydrogen-bond acceptors (Lipinski definition) is 5. The van der Waals surface area contributed by atoms with E-state index in [-0.39, 0.29) is 16.5 Å². The third-order valence-electron chi connectivity index (χ3n) is 5.18. The number of aromatic nitrogens is 3. The molecule has 178 valence electrons. The van der Waals surface area contributed by atoms with Crippen molar-refractivity contribution in [1.82, 2.24) is 15.0 Å².